The topological polar surface area (TPSA) is 87.1 Å². The predicted molar refractivity (Wildman–Crippen MR) is 63.3 cm³/mol. The van der Waals surface area contributed by atoms with Crippen LogP contribution in [0.2, 0.25) is 0 Å². The van der Waals surface area contributed by atoms with Crippen molar-refractivity contribution in [3.8, 4) is 17.5 Å². The lowest BCUT2D eigenvalue weighted by atomic mass is 10.2. The number of oxazole rings is 1. The van der Waals surface area contributed by atoms with Crippen molar-refractivity contribution in [3.63, 3.8) is 0 Å². The number of hydrogen-bond donors (Lipinski definition) is 0. The Balaban J connectivity index is 1.68. The second-order valence-electron chi connectivity index (χ2n) is 3.87. The first-order valence-corrected chi connectivity index (χ1v) is 5.81. The Hall–Kier alpha value is -2.84. The number of hydrogen-bond acceptors (Lipinski definition) is 7. The first-order chi connectivity index (χ1) is 10.2. The van der Waals surface area contributed by atoms with Gasteiger partial charge in [0.2, 0.25) is 5.89 Å². The van der Waals surface area contributed by atoms with Crippen LogP contribution >= 0.6 is 0 Å². The summed E-state index contributed by atoms with van der Waals surface area (Å²) >= 11 is 0. The van der Waals surface area contributed by atoms with Crippen molar-refractivity contribution in [2.45, 2.75) is 13.0 Å². The Morgan fingerprint density at radius 1 is 1.19 bits per heavy atom. The van der Waals surface area contributed by atoms with Crippen molar-refractivity contribution in [3.05, 3.63) is 42.4 Å². The summed E-state index contributed by atoms with van der Waals surface area (Å²) in [5.74, 6) is -0.737. The highest BCUT2D eigenvalue weighted by atomic mass is 19.3. The zero-order valence-corrected chi connectivity index (χ0v) is 10.4. The third kappa shape index (κ3) is 3.02. The van der Waals surface area contributed by atoms with Crippen molar-refractivity contribution < 1.29 is 22.4 Å². The molecule has 0 saturated carbocycles. The van der Waals surface area contributed by atoms with E-state index in [4.69, 9.17) is 13.6 Å². The average Bonchev–Trinajstić information content (AvgIpc) is 3.17. The normalized spacial score (nSPS) is 11.0. The zero-order chi connectivity index (χ0) is 14.7. The fourth-order valence-corrected chi connectivity index (χ4v) is 1.49. The van der Waals surface area contributed by atoms with E-state index in [1.807, 2.05) is 0 Å². The Kier molecular flexibility index (Phi) is 3.54. The number of pyridine rings is 1. The van der Waals surface area contributed by atoms with Crippen LogP contribution in [-0.2, 0) is 6.61 Å². The summed E-state index contributed by atoms with van der Waals surface area (Å²) in [7, 11) is 0. The highest BCUT2D eigenvalue weighted by Gasteiger charge is 2.17. The lowest BCUT2D eigenvalue weighted by Crippen LogP contribution is -1.98. The van der Waals surface area contributed by atoms with Crippen LogP contribution in [0.15, 0.2) is 39.6 Å². The smallest absolute Gasteiger partial charge is 0.393 e. The van der Waals surface area contributed by atoms with E-state index in [1.54, 1.807) is 12.1 Å². The van der Waals surface area contributed by atoms with Crippen LogP contribution < -0.4 is 4.74 Å². The van der Waals surface area contributed by atoms with Crippen molar-refractivity contribution in [1.29, 1.82) is 0 Å². The number of rotatable bonds is 5. The summed E-state index contributed by atoms with van der Waals surface area (Å²) in [4.78, 5) is 7.89. The van der Waals surface area contributed by atoms with E-state index in [2.05, 4.69) is 20.2 Å². The molecule has 7 nitrogen and oxygen atoms in total. The summed E-state index contributed by atoms with van der Waals surface area (Å²) in [6.07, 6.45) is 1.62. The van der Waals surface area contributed by atoms with Crippen molar-refractivity contribution in [2.24, 2.45) is 0 Å². The molecule has 0 atom stereocenters. The summed E-state index contributed by atoms with van der Waals surface area (Å²) in [6.45, 7) is 0.160. The summed E-state index contributed by atoms with van der Waals surface area (Å²) in [5.41, 5.74) is 1.04. The lowest BCUT2D eigenvalue weighted by Gasteiger charge is -2.01. The molecule has 0 aliphatic carbocycles. The number of nitrogens with zero attached hydrogens (tertiary/aromatic N) is 4. The van der Waals surface area contributed by atoms with Crippen molar-refractivity contribution in [1.82, 2.24) is 20.2 Å². The molecule has 9 heteroatoms. The van der Waals surface area contributed by atoms with Gasteiger partial charge in [-0.15, -0.1) is 10.2 Å². The van der Waals surface area contributed by atoms with Crippen LogP contribution in [0, 0.1) is 0 Å². The molecule has 3 rings (SSSR count). The Morgan fingerprint density at radius 2 is 2.10 bits per heavy atom. The van der Waals surface area contributed by atoms with Crippen LogP contribution in [-0.4, -0.2) is 20.2 Å². The monoisotopic (exact) mass is 294 g/mol. The molecular weight excluding hydrogens is 286 g/mol. The van der Waals surface area contributed by atoms with E-state index in [0.29, 0.717) is 11.3 Å². The number of aromatic nitrogens is 4. The molecule has 0 unspecified atom stereocenters. The molecule has 3 aromatic rings. The van der Waals surface area contributed by atoms with Crippen LogP contribution in [0.1, 0.15) is 18.0 Å². The van der Waals surface area contributed by atoms with Gasteiger partial charge in [-0.05, 0) is 12.1 Å². The average molecular weight is 294 g/mol. The summed E-state index contributed by atoms with van der Waals surface area (Å²) < 4.78 is 39.7. The molecular formula is C12H8F2N4O3. The van der Waals surface area contributed by atoms with E-state index < -0.39 is 12.3 Å². The first kappa shape index (κ1) is 13.2. The number of halogens is 2. The minimum atomic E-state index is -2.80. The molecule has 0 saturated heterocycles. The number of ether oxygens (including phenoxy) is 1. The quantitative estimate of drug-likeness (QED) is 0.714. The molecule has 0 aliphatic rings. The fraction of sp³-hybridized carbons (Fsp3) is 0.167. The molecule has 0 aliphatic heterocycles. The van der Waals surface area contributed by atoms with Crippen LogP contribution in [0.25, 0.3) is 11.5 Å². The summed E-state index contributed by atoms with van der Waals surface area (Å²) in [5, 5.41) is 6.78. The molecule has 3 aromatic heterocycles. The van der Waals surface area contributed by atoms with Gasteiger partial charge in [0, 0.05) is 6.20 Å². The van der Waals surface area contributed by atoms with Gasteiger partial charge in [-0.3, -0.25) is 4.98 Å². The largest absolute Gasteiger partial charge is 0.444 e. The molecule has 0 fully saturated rings. The first-order valence-electron chi connectivity index (χ1n) is 5.81. The second kappa shape index (κ2) is 5.65. The highest BCUT2D eigenvalue weighted by Crippen LogP contribution is 2.22. The maximum Gasteiger partial charge on any atom is 0.393 e. The van der Waals surface area contributed by atoms with Gasteiger partial charge < -0.3 is 13.6 Å². The zero-order valence-electron chi connectivity index (χ0n) is 10.4. The standard InChI is InChI=1S/C12H8F2N4O3/c13-9(14)11-18-17-10(21-11)7-1-2-8(16-5-7)6-20-12-15-3-4-19-12/h1-5,9H,6H2. The Bertz CT molecular complexity index is 698. The molecule has 0 amide bonds. The molecule has 0 radical (unpaired) electrons. The summed E-state index contributed by atoms with van der Waals surface area (Å²) in [6, 6.07) is 3.26. The van der Waals surface area contributed by atoms with E-state index in [9.17, 15) is 8.78 Å². The third-order valence-corrected chi connectivity index (χ3v) is 2.45. The van der Waals surface area contributed by atoms with Gasteiger partial charge in [0.15, 0.2) is 0 Å². The fourth-order valence-electron chi connectivity index (χ4n) is 1.49. The van der Waals surface area contributed by atoms with Crippen molar-refractivity contribution in [2.75, 3.05) is 0 Å². The minimum Gasteiger partial charge on any atom is -0.444 e. The van der Waals surface area contributed by atoms with E-state index in [0.717, 1.165) is 0 Å². The Morgan fingerprint density at radius 3 is 2.71 bits per heavy atom. The van der Waals surface area contributed by atoms with E-state index in [-0.39, 0.29) is 18.6 Å². The molecule has 108 valence electrons. The maximum atomic E-state index is 12.4. The highest BCUT2D eigenvalue weighted by molar-refractivity contribution is 5.50. The van der Waals surface area contributed by atoms with E-state index >= 15 is 0 Å². The van der Waals surface area contributed by atoms with Crippen LogP contribution in [0.4, 0.5) is 8.78 Å². The molecule has 0 spiro atoms. The Labute approximate surface area is 116 Å². The van der Waals surface area contributed by atoms with Gasteiger partial charge >= 0.3 is 12.5 Å². The van der Waals surface area contributed by atoms with Gasteiger partial charge in [0.05, 0.1) is 17.5 Å². The predicted octanol–water partition coefficient (Wildman–Crippen LogP) is 2.64. The van der Waals surface area contributed by atoms with Crippen LogP contribution in [0.5, 0.6) is 6.08 Å². The molecule has 21 heavy (non-hydrogen) atoms. The van der Waals surface area contributed by atoms with Gasteiger partial charge in [0.25, 0.3) is 5.89 Å². The van der Waals surface area contributed by atoms with Gasteiger partial charge in [-0.2, -0.15) is 13.8 Å². The van der Waals surface area contributed by atoms with Gasteiger partial charge in [-0.1, -0.05) is 0 Å². The third-order valence-electron chi connectivity index (χ3n) is 2.45. The van der Waals surface area contributed by atoms with Crippen LogP contribution in [0.3, 0.4) is 0 Å². The van der Waals surface area contributed by atoms with Gasteiger partial charge in [-0.25, -0.2) is 0 Å². The second-order valence-corrected chi connectivity index (χ2v) is 3.87. The van der Waals surface area contributed by atoms with Crippen molar-refractivity contribution >= 4 is 0 Å². The maximum absolute atomic E-state index is 12.4. The van der Waals surface area contributed by atoms with Gasteiger partial charge in [0.1, 0.15) is 12.9 Å². The lowest BCUT2D eigenvalue weighted by molar-refractivity contribution is 0.116. The van der Waals surface area contributed by atoms with E-state index in [1.165, 1.54) is 18.7 Å². The molecule has 0 N–H and O–H groups in total. The SMILES string of the molecule is FC(F)c1nnc(-c2ccc(COc3ncco3)nc2)o1. The molecule has 3 heterocycles. The molecule has 0 aromatic carbocycles. The number of alkyl halides is 2. The minimum absolute atomic E-state index is 0.0158. The molecule has 0 bridgehead atoms.